The highest BCUT2D eigenvalue weighted by atomic mass is 16.2. The van der Waals surface area contributed by atoms with Crippen LogP contribution in [0.4, 0.5) is 5.82 Å². The summed E-state index contributed by atoms with van der Waals surface area (Å²) in [5.41, 5.74) is 3.11. The van der Waals surface area contributed by atoms with Gasteiger partial charge in [-0.3, -0.25) is 19.4 Å². The summed E-state index contributed by atoms with van der Waals surface area (Å²) in [6.07, 6.45) is 3.08. The summed E-state index contributed by atoms with van der Waals surface area (Å²) >= 11 is 0. The van der Waals surface area contributed by atoms with Gasteiger partial charge in [0.25, 0.3) is 0 Å². The van der Waals surface area contributed by atoms with Crippen molar-refractivity contribution in [3.63, 3.8) is 0 Å². The fraction of sp³-hybridized carbons (Fsp3) is 0.538. The average molecular weight is 450 g/mol. The van der Waals surface area contributed by atoms with E-state index < -0.39 is 0 Å². The monoisotopic (exact) mass is 449 g/mol. The van der Waals surface area contributed by atoms with Gasteiger partial charge in [-0.1, -0.05) is 44.2 Å². The molecule has 3 heterocycles. The number of benzene rings is 1. The Balaban J connectivity index is 1.57. The molecule has 1 unspecified atom stereocenters. The predicted octanol–water partition coefficient (Wildman–Crippen LogP) is 3.31. The molecule has 33 heavy (non-hydrogen) atoms. The molecule has 0 aliphatic carbocycles. The zero-order chi connectivity index (χ0) is 23.4. The maximum Gasteiger partial charge on any atom is 0.236 e. The number of nitrogens with zero attached hydrogens (tertiary/aromatic N) is 5. The molecule has 176 valence electrons. The number of carbonyl (C=O) groups is 2. The first kappa shape index (κ1) is 23.4. The number of fused-ring (bicyclic) bond motifs is 1. The standard InChI is InChI=1S/C26H35N5O2/c1-4-29(5-2)18-24(33)30-15-9-12-21(17-30)25-27-19(3)22-13-14-23(32)31(26(22)28-25)16-20-10-7-6-8-11-20/h6-8,10-11,21H,4-5,9,12-18H2,1-3H3. The third-order valence-corrected chi connectivity index (χ3v) is 6.93. The molecule has 2 aromatic rings. The Bertz CT molecular complexity index is 990. The van der Waals surface area contributed by atoms with E-state index in [0.717, 1.165) is 60.9 Å². The van der Waals surface area contributed by atoms with Crippen molar-refractivity contribution >= 4 is 17.6 Å². The molecule has 7 heteroatoms. The molecular formula is C26H35N5O2. The van der Waals surface area contributed by atoms with Crippen LogP contribution in [-0.2, 0) is 22.6 Å². The topological polar surface area (TPSA) is 69.6 Å². The molecular weight excluding hydrogens is 414 g/mol. The molecule has 1 fully saturated rings. The average Bonchev–Trinajstić information content (AvgIpc) is 2.84. The van der Waals surface area contributed by atoms with Crippen molar-refractivity contribution in [1.29, 1.82) is 0 Å². The summed E-state index contributed by atoms with van der Waals surface area (Å²) in [4.78, 5) is 41.5. The van der Waals surface area contributed by atoms with Gasteiger partial charge < -0.3 is 4.90 Å². The van der Waals surface area contributed by atoms with Gasteiger partial charge in [-0.05, 0) is 44.8 Å². The molecule has 0 bridgehead atoms. The number of hydrogen-bond donors (Lipinski definition) is 0. The lowest BCUT2D eigenvalue weighted by molar-refractivity contribution is -0.133. The number of anilines is 1. The Morgan fingerprint density at radius 1 is 1.12 bits per heavy atom. The van der Waals surface area contributed by atoms with Gasteiger partial charge in [0, 0.05) is 36.7 Å². The molecule has 1 aromatic heterocycles. The Morgan fingerprint density at radius 3 is 2.61 bits per heavy atom. The molecule has 0 spiro atoms. The van der Waals surface area contributed by atoms with E-state index in [4.69, 9.17) is 9.97 Å². The Morgan fingerprint density at radius 2 is 1.88 bits per heavy atom. The van der Waals surface area contributed by atoms with Crippen LogP contribution in [-0.4, -0.2) is 64.3 Å². The molecule has 1 aromatic carbocycles. The third-order valence-electron chi connectivity index (χ3n) is 6.93. The van der Waals surface area contributed by atoms with Crippen LogP contribution in [0.3, 0.4) is 0 Å². The van der Waals surface area contributed by atoms with Crippen LogP contribution >= 0.6 is 0 Å². The Hall–Kier alpha value is -2.80. The summed E-state index contributed by atoms with van der Waals surface area (Å²) < 4.78 is 0. The number of piperidine rings is 1. The molecule has 1 atom stereocenters. The number of aryl methyl sites for hydroxylation is 1. The van der Waals surface area contributed by atoms with Gasteiger partial charge in [0.1, 0.15) is 11.6 Å². The van der Waals surface area contributed by atoms with Gasteiger partial charge in [0.15, 0.2) is 0 Å². The second-order valence-electron chi connectivity index (χ2n) is 9.08. The fourth-order valence-electron chi connectivity index (χ4n) is 4.87. The van der Waals surface area contributed by atoms with Crippen molar-refractivity contribution in [3.8, 4) is 0 Å². The van der Waals surface area contributed by atoms with Gasteiger partial charge in [0.2, 0.25) is 11.8 Å². The van der Waals surface area contributed by atoms with E-state index in [-0.39, 0.29) is 17.7 Å². The summed E-state index contributed by atoms with van der Waals surface area (Å²) in [6.45, 7) is 10.3. The molecule has 7 nitrogen and oxygen atoms in total. The van der Waals surface area contributed by atoms with Crippen LogP contribution in [0.15, 0.2) is 30.3 Å². The van der Waals surface area contributed by atoms with Crippen LogP contribution in [0.5, 0.6) is 0 Å². The number of likely N-dealkylation sites (tertiary alicyclic amines) is 1. The zero-order valence-corrected chi connectivity index (χ0v) is 20.1. The minimum Gasteiger partial charge on any atom is -0.341 e. The number of hydrogen-bond acceptors (Lipinski definition) is 5. The normalized spacial score (nSPS) is 18.5. The lowest BCUT2D eigenvalue weighted by atomic mass is 9.95. The van der Waals surface area contributed by atoms with E-state index in [1.165, 1.54) is 0 Å². The SMILES string of the molecule is CCN(CC)CC(=O)N1CCCC(c2nc(C)c3c(n2)N(Cc2ccccc2)C(=O)CC3)C1. The molecule has 2 amide bonds. The van der Waals surface area contributed by atoms with Crippen LogP contribution in [0, 0.1) is 6.92 Å². The first-order chi connectivity index (χ1) is 16.0. The first-order valence-electron chi connectivity index (χ1n) is 12.2. The molecule has 0 N–H and O–H groups in total. The number of aromatic nitrogens is 2. The minimum atomic E-state index is 0.0963. The van der Waals surface area contributed by atoms with Crippen LogP contribution in [0.25, 0.3) is 0 Å². The highest BCUT2D eigenvalue weighted by molar-refractivity contribution is 5.95. The number of carbonyl (C=O) groups excluding carboxylic acids is 2. The van der Waals surface area contributed by atoms with E-state index >= 15 is 0 Å². The first-order valence-corrected chi connectivity index (χ1v) is 12.2. The molecule has 4 rings (SSSR count). The van der Waals surface area contributed by atoms with Crippen molar-refractivity contribution in [1.82, 2.24) is 19.8 Å². The van der Waals surface area contributed by atoms with Gasteiger partial charge in [0.05, 0.1) is 13.1 Å². The van der Waals surface area contributed by atoms with Crippen molar-refractivity contribution in [2.24, 2.45) is 0 Å². The summed E-state index contributed by atoms with van der Waals surface area (Å²) in [6, 6.07) is 10.0. The lowest BCUT2D eigenvalue weighted by Gasteiger charge is -2.35. The smallest absolute Gasteiger partial charge is 0.236 e. The quantitative estimate of drug-likeness (QED) is 0.649. The Kier molecular flexibility index (Phi) is 7.38. The van der Waals surface area contributed by atoms with Crippen molar-refractivity contribution in [2.75, 3.05) is 37.6 Å². The summed E-state index contributed by atoms with van der Waals surface area (Å²) in [5, 5.41) is 0. The number of rotatable bonds is 7. The van der Waals surface area contributed by atoms with E-state index in [2.05, 4.69) is 18.7 Å². The largest absolute Gasteiger partial charge is 0.341 e. The summed E-state index contributed by atoms with van der Waals surface area (Å²) in [7, 11) is 0. The Labute approximate surface area is 196 Å². The van der Waals surface area contributed by atoms with Crippen LogP contribution in [0.2, 0.25) is 0 Å². The molecule has 2 aliphatic rings. The van der Waals surface area contributed by atoms with Gasteiger partial charge in [-0.15, -0.1) is 0 Å². The van der Waals surface area contributed by atoms with Crippen molar-refractivity contribution in [3.05, 3.63) is 53.0 Å². The fourth-order valence-corrected chi connectivity index (χ4v) is 4.87. The van der Waals surface area contributed by atoms with Crippen LogP contribution in [0.1, 0.15) is 61.7 Å². The second kappa shape index (κ2) is 10.4. The minimum absolute atomic E-state index is 0.0963. The third kappa shape index (κ3) is 5.24. The highest BCUT2D eigenvalue weighted by Crippen LogP contribution is 2.33. The lowest BCUT2D eigenvalue weighted by Crippen LogP contribution is -2.45. The van der Waals surface area contributed by atoms with Crippen molar-refractivity contribution in [2.45, 2.75) is 58.9 Å². The van der Waals surface area contributed by atoms with E-state index in [1.54, 1.807) is 0 Å². The molecule has 1 saturated heterocycles. The maximum absolute atomic E-state index is 12.9. The predicted molar refractivity (Wildman–Crippen MR) is 129 cm³/mol. The summed E-state index contributed by atoms with van der Waals surface area (Å²) in [5.74, 6) is 1.90. The second-order valence-corrected chi connectivity index (χ2v) is 9.08. The van der Waals surface area contributed by atoms with Gasteiger partial charge in [-0.25, -0.2) is 9.97 Å². The van der Waals surface area contributed by atoms with Gasteiger partial charge in [-0.2, -0.15) is 0 Å². The van der Waals surface area contributed by atoms with Crippen LogP contribution < -0.4 is 4.90 Å². The number of likely N-dealkylation sites (N-methyl/N-ethyl adjacent to an activating group) is 1. The maximum atomic E-state index is 12.9. The van der Waals surface area contributed by atoms with E-state index in [1.807, 2.05) is 47.1 Å². The molecule has 2 aliphatic heterocycles. The van der Waals surface area contributed by atoms with Crippen molar-refractivity contribution < 1.29 is 9.59 Å². The van der Waals surface area contributed by atoms with Gasteiger partial charge >= 0.3 is 0 Å². The van der Waals surface area contributed by atoms with E-state index in [9.17, 15) is 9.59 Å². The van der Waals surface area contributed by atoms with E-state index in [0.29, 0.717) is 32.5 Å². The number of amides is 2. The highest BCUT2D eigenvalue weighted by Gasteiger charge is 2.32. The zero-order valence-electron chi connectivity index (χ0n) is 20.1. The molecule has 0 saturated carbocycles. The molecule has 0 radical (unpaired) electrons.